The Kier molecular flexibility index (Phi) is 9.78. The average Bonchev–Trinajstić information content (AvgIpc) is 3.53. The van der Waals surface area contributed by atoms with Gasteiger partial charge in [-0.05, 0) is 6.92 Å². The molecule has 3 rings (SSSR count). The molecule has 0 radical (unpaired) electrons. The number of rotatable bonds is 10. The fourth-order valence-corrected chi connectivity index (χ4v) is 12.4. The van der Waals surface area contributed by atoms with Gasteiger partial charge in [-0.2, -0.15) is 0 Å². The molecule has 202 valence electrons. The molecule has 2 heterocycles. The van der Waals surface area contributed by atoms with E-state index in [4.69, 9.17) is 16.2 Å². The van der Waals surface area contributed by atoms with Crippen LogP contribution in [0.25, 0.3) is 0 Å². The number of hydrogen-bond acceptors (Lipinski definition) is 7. The summed E-state index contributed by atoms with van der Waals surface area (Å²) in [6.45, 7) is 13.3. The number of carbonyl (C=O) groups excluding carboxylic acids is 1. The fraction of sp³-hybridized carbons (Fsp3) is 0.808. The van der Waals surface area contributed by atoms with Crippen LogP contribution in [-0.4, -0.2) is 77.3 Å². The second-order valence-corrected chi connectivity index (χ2v) is 17.8. The molecular weight excluding hydrogens is 557 g/mol. The van der Waals surface area contributed by atoms with E-state index in [2.05, 4.69) is 42.8 Å². The number of alkyl halides is 3. The number of aliphatic hydroxyl groups is 1. The Labute approximate surface area is 219 Å². The van der Waals surface area contributed by atoms with E-state index < -0.39 is 31.7 Å². The second-order valence-electron chi connectivity index (χ2n) is 10.8. The quantitative estimate of drug-likeness (QED) is 0.0995. The van der Waals surface area contributed by atoms with Crippen molar-refractivity contribution in [1.82, 2.24) is 15.1 Å². The van der Waals surface area contributed by atoms with E-state index in [9.17, 15) is 9.90 Å². The van der Waals surface area contributed by atoms with E-state index in [0.29, 0.717) is 24.9 Å². The van der Waals surface area contributed by atoms with Gasteiger partial charge in [-0.25, -0.2) is 0 Å². The first-order valence-electron chi connectivity index (χ1n) is 13.2. The number of nitrogens with two attached hydrogens (primary N) is 2. The van der Waals surface area contributed by atoms with Crippen molar-refractivity contribution in [3.8, 4) is 0 Å². The summed E-state index contributed by atoms with van der Waals surface area (Å²) < 4.78 is 7.26. The average molecular weight is 606 g/mol. The summed E-state index contributed by atoms with van der Waals surface area (Å²) in [6.07, 6.45) is 8.33. The standard InChI is InChI=1S/C26H48IN5O3/c1-6-35-21(19(2)3)9-10-22(28)31-15-16-32(20(4)18-31)24(34)25(5)11-7-8-14-27(25)17-23(33)30-26(29)12-13-26/h9-10,19-20,23,30,33H,6-8,11-18,28-29H2,1-5H3/b21-9+,22-10+/t20-,23?,25?/m1/s1. The predicted octanol–water partition coefficient (Wildman–Crippen LogP) is 2.70. The molecule has 1 saturated carbocycles. The number of ether oxygens (including phenoxy) is 1. The van der Waals surface area contributed by atoms with Crippen LogP contribution in [0.4, 0.5) is 0 Å². The summed E-state index contributed by atoms with van der Waals surface area (Å²) in [5.41, 5.74) is 12.2. The summed E-state index contributed by atoms with van der Waals surface area (Å²) >= 11 is -1.75. The molecule has 0 aromatic rings. The van der Waals surface area contributed by atoms with Gasteiger partial charge in [0.15, 0.2) is 0 Å². The van der Waals surface area contributed by atoms with Crippen molar-refractivity contribution in [2.45, 2.75) is 88.1 Å². The summed E-state index contributed by atoms with van der Waals surface area (Å²) in [4.78, 5) is 18.2. The molecule has 1 amide bonds. The van der Waals surface area contributed by atoms with Crippen molar-refractivity contribution in [1.29, 1.82) is 0 Å². The third-order valence-corrected chi connectivity index (χ3v) is 15.8. The van der Waals surface area contributed by atoms with E-state index >= 15 is 0 Å². The van der Waals surface area contributed by atoms with Crippen LogP contribution in [-0.2, 0) is 9.53 Å². The topological polar surface area (TPSA) is 117 Å². The Balaban J connectivity index is 1.64. The van der Waals surface area contributed by atoms with Crippen LogP contribution >= 0.6 is 19.8 Å². The maximum absolute atomic E-state index is 14.0. The predicted molar refractivity (Wildman–Crippen MR) is 151 cm³/mol. The minimum atomic E-state index is -1.75. The number of nitrogens with zero attached hydrogens (tertiary/aromatic N) is 2. The molecule has 0 bridgehead atoms. The van der Waals surface area contributed by atoms with Crippen LogP contribution in [0.2, 0.25) is 0 Å². The molecule has 35 heavy (non-hydrogen) atoms. The van der Waals surface area contributed by atoms with E-state index in [1.807, 2.05) is 19.1 Å². The van der Waals surface area contributed by atoms with Gasteiger partial charge in [0.25, 0.3) is 0 Å². The molecule has 3 atom stereocenters. The van der Waals surface area contributed by atoms with E-state index in [0.717, 1.165) is 53.4 Å². The Bertz CT molecular complexity index is 800. The number of amides is 1. The molecule has 6 N–H and O–H groups in total. The first-order valence-corrected chi connectivity index (χ1v) is 17.3. The molecule has 2 aliphatic heterocycles. The Hall–Kier alpha value is -1.04. The monoisotopic (exact) mass is 605 g/mol. The zero-order valence-corrected chi connectivity index (χ0v) is 24.5. The van der Waals surface area contributed by atoms with Gasteiger partial charge in [-0.15, -0.1) is 0 Å². The zero-order chi connectivity index (χ0) is 25.8. The van der Waals surface area contributed by atoms with E-state index in [1.54, 1.807) is 0 Å². The Morgan fingerprint density at radius 1 is 1.26 bits per heavy atom. The molecule has 0 aromatic heterocycles. The number of aliphatic hydroxyl groups excluding tert-OH is 1. The van der Waals surface area contributed by atoms with Crippen LogP contribution in [0.15, 0.2) is 23.7 Å². The first kappa shape index (κ1) is 28.5. The number of allylic oxidation sites excluding steroid dienone is 3. The number of halogens is 1. The summed E-state index contributed by atoms with van der Waals surface area (Å²) in [6, 6.07) is 0.0851. The maximum atomic E-state index is 14.0. The van der Waals surface area contributed by atoms with Gasteiger partial charge < -0.3 is 0 Å². The molecule has 9 heteroatoms. The van der Waals surface area contributed by atoms with Gasteiger partial charge in [0.05, 0.1) is 0 Å². The number of hydrogen-bond donors (Lipinski definition) is 4. The normalized spacial score (nSPS) is 29.4. The molecule has 8 nitrogen and oxygen atoms in total. The van der Waals surface area contributed by atoms with Crippen LogP contribution < -0.4 is 16.8 Å². The summed E-state index contributed by atoms with van der Waals surface area (Å²) in [5, 5.41) is 13.9. The minimum absolute atomic E-state index is 0.0851. The Morgan fingerprint density at radius 3 is 2.57 bits per heavy atom. The zero-order valence-electron chi connectivity index (χ0n) is 22.4. The number of piperazine rings is 1. The van der Waals surface area contributed by atoms with Crippen LogP contribution in [0, 0.1) is 5.92 Å². The van der Waals surface area contributed by atoms with Crippen LogP contribution in [0.1, 0.15) is 66.7 Å². The van der Waals surface area contributed by atoms with Gasteiger partial charge in [-0.3, -0.25) is 0 Å². The van der Waals surface area contributed by atoms with Crippen molar-refractivity contribution in [2.24, 2.45) is 17.4 Å². The molecule has 3 fully saturated rings. The van der Waals surface area contributed by atoms with Crippen LogP contribution in [0.5, 0.6) is 0 Å². The molecule has 3 aliphatic rings. The van der Waals surface area contributed by atoms with E-state index in [1.165, 1.54) is 6.42 Å². The van der Waals surface area contributed by atoms with Crippen molar-refractivity contribution in [3.05, 3.63) is 23.7 Å². The van der Waals surface area contributed by atoms with E-state index in [-0.39, 0.29) is 15.4 Å². The van der Waals surface area contributed by atoms with Gasteiger partial charge in [-0.1, -0.05) is 0 Å². The number of nitrogens with one attached hydrogen (secondary N) is 1. The molecule has 2 unspecified atom stereocenters. The SMILES string of the molecule is CCO/C(=C/C=C(\N)N1CCN(C(=O)C2(C)CCCCI2CC(O)NC2(N)CC2)[C@H](C)C1)C(C)C. The first-order chi connectivity index (χ1) is 16.5. The summed E-state index contributed by atoms with van der Waals surface area (Å²) in [7, 11) is 0. The van der Waals surface area contributed by atoms with Gasteiger partial charge in [0.2, 0.25) is 0 Å². The third-order valence-electron chi connectivity index (χ3n) is 7.42. The van der Waals surface area contributed by atoms with Gasteiger partial charge >= 0.3 is 213 Å². The Morgan fingerprint density at radius 2 is 1.97 bits per heavy atom. The van der Waals surface area contributed by atoms with Crippen molar-refractivity contribution < 1.29 is 14.6 Å². The van der Waals surface area contributed by atoms with Gasteiger partial charge in [0, 0.05) is 0 Å². The molecule has 0 aromatic carbocycles. The van der Waals surface area contributed by atoms with Crippen molar-refractivity contribution >= 4 is 25.7 Å². The number of carbonyl (C=O) groups is 1. The molecule has 1 aliphatic carbocycles. The van der Waals surface area contributed by atoms with Crippen LogP contribution in [0.3, 0.4) is 0 Å². The second kappa shape index (κ2) is 12.0. The van der Waals surface area contributed by atoms with Gasteiger partial charge in [0.1, 0.15) is 0 Å². The molecule has 2 saturated heterocycles. The molecule has 0 spiro atoms. The summed E-state index contributed by atoms with van der Waals surface area (Å²) in [5.74, 6) is 2.23. The third kappa shape index (κ3) is 7.26. The molecular formula is C26H48IN5O3. The fourth-order valence-electron chi connectivity index (χ4n) is 4.99. The van der Waals surface area contributed by atoms with Crippen molar-refractivity contribution in [3.63, 3.8) is 0 Å². The van der Waals surface area contributed by atoms with Crippen molar-refractivity contribution in [2.75, 3.05) is 35.1 Å².